The molecule has 0 aliphatic carbocycles. The van der Waals surface area contributed by atoms with Crippen LogP contribution in [0.1, 0.15) is 10.4 Å². The molecule has 1 aromatic carbocycles. The Morgan fingerprint density at radius 3 is 2.56 bits per heavy atom. The summed E-state index contributed by atoms with van der Waals surface area (Å²) in [6, 6.07) is 11.4. The molecule has 25 heavy (non-hydrogen) atoms. The first kappa shape index (κ1) is 16.9. The zero-order valence-corrected chi connectivity index (χ0v) is 14.6. The molecule has 0 saturated carbocycles. The lowest BCUT2D eigenvalue weighted by Gasteiger charge is -2.07. The van der Waals surface area contributed by atoms with E-state index >= 15 is 0 Å². The van der Waals surface area contributed by atoms with E-state index < -0.39 is 10.0 Å². The van der Waals surface area contributed by atoms with Crippen LogP contribution in [0, 0.1) is 0 Å². The Bertz CT molecular complexity index is 1050. The molecule has 2 heterocycles. The summed E-state index contributed by atoms with van der Waals surface area (Å²) < 4.78 is 26.6. The number of carbonyl (C=O) groups is 1. The number of pyridine rings is 1. The summed E-state index contributed by atoms with van der Waals surface area (Å²) in [6.45, 7) is 0. The van der Waals surface area contributed by atoms with Gasteiger partial charge in [0.1, 0.15) is 0 Å². The van der Waals surface area contributed by atoms with Gasteiger partial charge in [0.25, 0.3) is 10.0 Å². The first-order chi connectivity index (χ1) is 11.9. The number of ketones is 1. The van der Waals surface area contributed by atoms with Crippen LogP contribution in [0.5, 0.6) is 0 Å². The quantitative estimate of drug-likeness (QED) is 0.519. The molecule has 0 fully saturated rings. The maximum atomic E-state index is 12.7. The minimum Gasteiger partial charge on any atom is -0.383 e. The van der Waals surface area contributed by atoms with E-state index in [-0.39, 0.29) is 16.3 Å². The molecule has 6 nitrogen and oxygen atoms in total. The largest absolute Gasteiger partial charge is 0.383 e. The van der Waals surface area contributed by atoms with Crippen LogP contribution in [-0.2, 0) is 10.0 Å². The number of allylic oxidation sites excluding steroid dienone is 1. The zero-order chi connectivity index (χ0) is 18.0. The summed E-state index contributed by atoms with van der Waals surface area (Å²) in [6.07, 6.45) is 5.93. The lowest BCUT2D eigenvalue weighted by molar-refractivity contribution is 0.104. The summed E-state index contributed by atoms with van der Waals surface area (Å²) in [5.74, 6) is -0.193. The van der Waals surface area contributed by atoms with Crippen molar-refractivity contribution in [1.29, 1.82) is 0 Å². The fourth-order valence-corrected chi connectivity index (χ4v) is 3.68. The molecule has 7 heteroatoms. The van der Waals surface area contributed by atoms with E-state index in [4.69, 9.17) is 0 Å². The van der Waals surface area contributed by atoms with Gasteiger partial charge in [0.05, 0.1) is 4.90 Å². The number of fused-ring (bicyclic) bond motifs is 1. The maximum absolute atomic E-state index is 12.7. The van der Waals surface area contributed by atoms with E-state index in [1.54, 1.807) is 41.4 Å². The SMILES string of the molecule is CN(C)C=CC(=O)c1cnc2c(ccn2S(=O)(=O)c2ccccc2)c1. The lowest BCUT2D eigenvalue weighted by Crippen LogP contribution is -2.12. The number of benzene rings is 1. The predicted octanol–water partition coefficient (Wildman–Crippen LogP) is 2.53. The summed E-state index contributed by atoms with van der Waals surface area (Å²) >= 11 is 0. The van der Waals surface area contributed by atoms with Crippen LogP contribution in [0.15, 0.2) is 72.0 Å². The minimum atomic E-state index is -3.73. The Hall–Kier alpha value is -2.93. The van der Waals surface area contributed by atoms with Crippen LogP contribution in [-0.4, -0.2) is 42.2 Å². The second-order valence-electron chi connectivity index (χ2n) is 5.71. The highest BCUT2D eigenvalue weighted by atomic mass is 32.2. The standard InChI is InChI=1S/C18H17N3O3S/c1-20(2)10-9-17(22)15-12-14-8-11-21(18(14)19-13-15)25(23,24)16-6-4-3-5-7-16/h3-13H,1-2H3. The molecule has 0 amide bonds. The third-order valence-corrected chi connectivity index (χ3v) is 5.28. The Morgan fingerprint density at radius 1 is 1.16 bits per heavy atom. The van der Waals surface area contributed by atoms with Crippen LogP contribution < -0.4 is 0 Å². The number of carbonyl (C=O) groups excluding carboxylic acids is 1. The Balaban J connectivity index is 2.03. The lowest BCUT2D eigenvalue weighted by atomic mass is 10.1. The van der Waals surface area contributed by atoms with Crippen molar-refractivity contribution < 1.29 is 13.2 Å². The van der Waals surface area contributed by atoms with E-state index in [0.717, 1.165) is 3.97 Å². The second-order valence-corrected chi connectivity index (χ2v) is 7.53. The van der Waals surface area contributed by atoms with Crippen molar-refractivity contribution in [2.45, 2.75) is 4.90 Å². The first-order valence-electron chi connectivity index (χ1n) is 7.56. The van der Waals surface area contributed by atoms with Gasteiger partial charge in [0.2, 0.25) is 0 Å². The predicted molar refractivity (Wildman–Crippen MR) is 95.9 cm³/mol. The Kier molecular flexibility index (Phi) is 4.41. The second kappa shape index (κ2) is 6.52. The third-order valence-electron chi connectivity index (χ3n) is 3.60. The third kappa shape index (κ3) is 3.32. The average molecular weight is 355 g/mol. The number of hydrogen-bond donors (Lipinski definition) is 0. The monoisotopic (exact) mass is 355 g/mol. The molecular weight excluding hydrogens is 338 g/mol. The van der Waals surface area contributed by atoms with Gasteiger partial charge in [0.15, 0.2) is 11.4 Å². The number of rotatable bonds is 5. The van der Waals surface area contributed by atoms with Crippen molar-refractivity contribution in [3.8, 4) is 0 Å². The van der Waals surface area contributed by atoms with Gasteiger partial charge in [-0.15, -0.1) is 0 Å². The molecule has 3 aromatic rings. The minimum absolute atomic E-state index is 0.184. The summed E-state index contributed by atoms with van der Waals surface area (Å²) in [5.41, 5.74) is 0.692. The highest BCUT2D eigenvalue weighted by Crippen LogP contribution is 2.21. The van der Waals surface area contributed by atoms with Gasteiger partial charge in [-0.05, 0) is 24.3 Å². The molecule has 128 valence electrons. The fourth-order valence-electron chi connectivity index (χ4n) is 2.35. The molecule has 0 atom stereocenters. The highest BCUT2D eigenvalue weighted by Gasteiger charge is 2.19. The summed E-state index contributed by atoms with van der Waals surface area (Å²) in [4.78, 5) is 18.3. The van der Waals surface area contributed by atoms with Crippen LogP contribution in [0.2, 0.25) is 0 Å². The van der Waals surface area contributed by atoms with Gasteiger partial charge in [-0.2, -0.15) is 0 Å². The summed E-state index contributed by atoms with van der Waals surface area (Å²) in [7, 11) is -0.0898. The van der Waals surface area contributed by atoms with E-state index in [2.05, 4.69) is 4.98 Å². The van der Waals surface area contributed by atoms with Gasteiger partial charge in [-0.1, -0.05) is 18.2 Å². The van der Waals surface area contributed by atoms with Crippen molar-refractivity contribution in [1.82, 2.24) is 13.9 Å². The van der Waals surface area contributed by atoms with Crippen LogP contribution in [0.4, 0.5) is 0 Å². The van der Waals surface area contributed by atoms with Crippen molar-refractivity contribution in [2.75, 3.05) is 14.1 Å². The zero-order valence-electron chi connectivity index (χ0n) is 13.8. The van der Waals surface area contributed by atoms with Crippen LogP contribution in [0.3, 0.4) is 0 Å². The molecular formula is C18H17N3O3S. The highest BCUT2D eigenvalue weighted by molar-refractivity contribution is 7.90. The molecule has 0 spiro atoms. The molecule has 0 radical (unpaired) electrons. The smallest absolute Gasteiger partial charge is 0.269 e. The van der Waals surface area contributed by atoms with E-state index in [9.17, 15) is 13.2 Å². The summed E-state index contributed by atoms with van der Waals surface area (Å²) in [5, 5.41) is 0.587. The normalized spacial score (nSPS) is 11.9. The molecule has 0 aliphatic heterocycles. The van der Waals surface area contributed by atoms with E-state index in [1.165, 1.54) is 30.6 Å². The number of hydrogen-bond acceptors (Lipinski definition) is 5. The van der Waals surface area contributed by atoms with Crippen molar-refractivity contribution in [2.24, 2.45) is 0 Å². The number of nitrogens with zero attached hydrogens (tertiary/aromatic N) is 3. The van der Waals surface area contributed by atoms with Gasteiger partial charge in [-0.25, -0.2) is 17.4 Å². The van der Waals surface area contributed by atoms with Gasteiger partial charge < -0.3 is 4.90 Å². The Morgan fingerprint density at radius 2 is 1.88 bits per heavy atom. The van der Waals surface area contributed by atoms with Crippen LogP contribution >= 0.6 is 0 Å². The molecule has 0 saturated heterocycles. The first-order valence-corrected chi connectivity index (χ1v) is 9.00. The molecule has 0 aliphatic rings. The van der Waals surface area contributed by atoms with Crippen LogP contribution in [0.25, 0.3) is 11.0 Å². The molecule has 0 N–H and O–H groups in total. The van der Waals surface area contributed by atoms with E-state index in [0.29, 0.717) is 10.9 Å². The Labute approximate surface area is 146 Å². The topological polar surface area (TPSA) is 72.3 Å². The van der Waals surface area contributed by atoms with Gasteiger partial charge >= 0.3 is 0 Å². The molecule has 2 aromatic heterocycles. The van der Waals surface area contributed by atoms with Crippen molar-refractivity contribution in [3.63, 3.8) is 0 Å². The van der Waals surface area contributed by atoms with Crippen molar-refractivity contribution >= 4 is 26.8 Å². The van der Waals surface area contributed by atoms with Gasteiger partial charge in [-0.3, -0.25) is 4.79 Å². The molecule has 3 rings (SSSR count). The maximum Gasteiger partial charge on any atom is 0.269 e. The molecule has 0 unspecified atom stereocenters. The average Bonchev–Trinajstić information content (AvgIpc) is 3.04. The number of aromatic nitrogens is 2. The molecule has 0 bridgehead atoms. The van der Waals surface area contributed by atoms with E-state index in [1.807, 2.05) is 14.1 Å². The fraction of sp³-hybridized carbons (Fsp3) is 0.111. The van der Waals surface area contributed by atoms with Crippen molar-refractivity contribution in [3.05, 3.63) is 72.7 Å². The van der Waals surface area contributed by atoms with Gasteiger partial charge in [0, 0.05) is 49.7 Å².